The van der Waals surface area contributed by atoms with Crippen molar-refractivity contribution < 1.29 is 24.0 Å². The van der Waals surface area contributed by atoms with Gasteiger partial charge >= 0.3 is 0 Å². The molecule has 0 spiro atoms. The molecule has 2 aromatic rings. The van der Waals surface area contributed by atoms with Crippen molar-refractivity contribution in [3.05, 3.63) is 48.0 Å². The molecular weight excluding hydrogens is 394 g/mol. The van der Waals surface area contributed by atoms with E-state index in [9.17, 15) is 9.59 Å². The number of hydrogen-bond donors (Lipinski definition) is 3. The number of para-hydroxylation sites is 1. The van der Waals surface area contributed by atoms with Crippen molar-refractivity contribution in [3.63, 3.8) is 0 Å². The Hall–Kier alpha value is -3.06. The van der Waals surface area contributed by atoms with Crippen LogP contribution in [0.25, 0.3) is 0 Å². The monoisotopic (exact) mass is 424 g/mol. The fourth-order valence-corrected chi connectivity index (χ4v) is 4.22. The summed E-state index contributed by atoms with van der Waals surface area (Å²) in [5.41, 5.74) is 2.75. The number of hydrogen-bond acceptors (Lipinski definition) is 4. The van der Waals surface area contributed by atoms with E-state index in [0.29, 0.717) is 29.6 Å². The third-order valence-electron chi connectivity index (χ3n) is 5.97. The second kappa shape index (κ2) is 9.39. The van der Waals surface area contributed by atoms with E-state index in [-0.39, 0.29) is 24.5 Å². The van der Waals surface area contributed by atoms with Gasteiger partial charge in [-0.1, -0.05) is 32.0 Å². The molecule has 0 radical (unpaired) electrons. The molecule has 31 heavy (non-hydrogen) atoms. The highest BCUT2D eigenvalue weighted by Crippen LogP contribution is 2.34. The molecular formula is C24H30N3O4+. The van der Waals surface area contributed by atoms with Gasteiger partial charge in [-0.2, -0.15) is 0 Å². The first-order chi connectivity index (χ1) is 15.0. The Morgan fingerprint density at radius 2 is 1.77 bits per heavy atom. The van der Waals surface area contributed by atoms with Crippen LogP contribution in [0.2, 0.25) is 0 Å². The zero-order chi connectivity index (χ0) is 21.8. The summed E-state index contributed by atoms with van der Waals surface area (Å²) in [6.45, 7) is 6.48. The summed E-state index contributed by atoms with van der Waals surface area (Å²) < 4.78 is 10.7. The summed E-state index contributed by atoms with van der Waals surface area (Å²) in [6.07, 6.45) is 1.53. The van der Waals surface area contributed by atoms with Gasteiger partial charge in [0.2, 0.25) is 12.7 Å². The van der Waals surface area contributed by atoms with Gasteiger partial charge in [-0.25, -0.2) is 0 Å². The first kappa shape index (κ1) is 21.2. The van der Waals surface area contributed by atoms with Crippen LogP contribution in [0, 0.1) is 5.92 Å². The summed E-state index contributed by atoms with van der Waals surface area (Å²) in [4.78, 5) is 26.5. The molecule has 7 nitrogen and oxygen atoms in total. The van der Waals surface area contributed by atoms with Gasteiger partial charge in [-0.15, -0.1) is 0 Å². The van der Waals surface area contributed by atoms with Crippen molar-refractivity contribution >= 4 is 23.2 Å². The zero-order valence-corrected chi connectivity index (χ0v) is 18.1. The van der Waals surface area contributed by atoms with Crippen molar-refractivity contribution in [1.82, 2.24) is 0 Å². The summed E-state index contributed by atoms with van der Waals surface area (Å²) in [7, 11) is 0. The Morgan fingerprint density at radius 3 is 2.55 bits per heavy atom. The number of fused-ring (bicyclic) bond motifs is 1. The molecule has 1 saturated heterocycles. The van der Waals surface area contributed by atoms with E-state index in [2.05, 4.69) is 30.5 Å². The van der Waals surface area contributed by atoms with E-state index in [1.165, 1.54) is 4.90 Å². The number of amides is 2. The number of carbonyl (C=O) groups excluding carboxylic acids is 2. The Balaban J connectivity index is 1.25. The van der Waals surface area contributed by atoms with Crippen LogP contribution < -0.4 is 25.0 Å². The third-order valence-corrected chi connectivity index (χ3v) is 5.97. The largest absolute Gasteiger partial charge is 0.454 e. The summed E-state index contributed by atoms with van der Waals surface area (Å²) in [5.74, 6) is 1.70. The number of carbonyl (C=O) groups is 2. The lowest BCUT2D eigenvalue weighted by Gasteiger charge is -2.28. The van der Waals surface area contributed by atoms with Gasteiger partial charge in [0.25, 0.3) is 5.91 Å². The van der Waals surface area contributed by atoms with Crippen LogP contribution in [0.5, 0.6) is 11.5 Å². The van der Waals surface area contributed by atoms with E-state index in [1.807, 2.05) is 24.3 Å². The first-order valence-corrected chi connectivity index (χ1v) is 10.9. The fraction of sp³-hybridized carbons (Fsp3) is 0.417. The molecule has 3 N–H and O–H groups in total. The minimum atomic E-state index is -0.0427. The van der Waals surface area contributed by atoms with Gasteiger partial charge in [0.1, 0.15) is 0 Å². The van der Waals surface area contributed by atoms with Crippen LogP contribution in [0.3, 0.4) is 0 Å². The SMILES string of the molecule is CC(C)c1ccccc1NC(=O)C[NH+]1CCC(C(=O)Nc2ccc3c(c2)OCO3)CC1. The van der Waals surface area contributed by atoms with Gasteiger partial charge in [-0.3, -0.25) is 9.59 Å². The van der Waals surface area contributed by atoms with Gasteiger partial charge < -0.3 is 25.0 Å². The second-order valence-electron chi connectivity index (χ2n) is 8.55. The Bertz CT molecular complexity index is 952. The van der Waals surface area contributed by atoms with Crippen LogP contribution in [0.1, 0.15) is 38.2 Å². The predicted molar refractivity (Wildman–Crippen MR) is 119 cm³/mol. The van der Waals surface area contributed by atoms with E-state index >= 15 is 0 Å². The standard InChI is InChI=1S/C24H29N3O4/c1-16(2)19-5-3-4-6-20(19)26-23(28)14-27-11-9-17(10-12-27)24(29)25-18-7-8-21-22(13-18)31-15-30-21/h3-8,13,16-17H,9-12,14-15H2,1-2H3,(H,25,29)(H,26,28)/p+1. The lowest BCUT2D eigenvalue weighted by Crippen LogP contribution is -3.14. The molecule has 2 amide bonds. The van der Waals surface area contributed by atoms with E-state index in [0.717, 1.165) is 37.2 Å². The Labute approximate surface area is 182 Å². The number of likely N-dealkylation sites (tertiary alicyclic amines) is 1. The molecule has 7 heteroatoms. The lowest BCUT2D eigenvalue weighted by molar-refractivity contribution is -0.897. The number of ether oxygens (including phenoxy) is 2. The van der Waals surface area contributed by atoms with Crippen LogP contribution in [0.15, 0.2) is 42.5 Å². The van der Waals surface area contributed by atoms with Crippen molar-refractivity contribution in [2.75, 3.05) is 37.1 Å². The normalized spacial score (nSPS) is 19.8. The molecule has 0 aromatic heterocycles. The molecule has 2 aliphatic heterocycles. The quantitative estimate of drug-likeness (QED) is 0.665. The van der Waals surface area contributed by atoms with Crippen molar-refractivity contribution in [2.45, 2.75) is 32.6 Å². The Morgan fingerprint density at radius 1 is 1.03 bits per heavy atom. The second-order valence-corrected chi connectivity index (χ2v) is 8.55. The number of rotatable bonds is 6. The maximum Gasteiger partial charge on any atom is 0.279 e. The minimum absolute atomic E-state index is 0.0198. The highest BCUT2D eigenvalue weighted by atomic mass is 16.7. The molecule has 164 valence electrons. The Kier molecular flexibility index (Phi) is 6.42. The maximum absolute atomic E-state index is 12.7. The van der Waals surface area contributed by atoms with Gasteiger partial charge in [0, 0.05) is 36.2 Å². The van der Waals surface area contributed by atoms with Crippen molar-refractivity contribution in [3.8, 4) is 11.5 Å². The number of benzene rings is 2. The van der Waals surface area contributed by atoms with Crippen LogP contribution in [0.4, 0.5) is 11.4 Å². The van der Waals surface area contributed by atoms with E-state index < -0.39 is 0 Å². The number of piperidine rings is 1. The molecule has 2 heterocycles. The summed E-state index contributed by atoms with van der Waals surface area (Å²) in [6, 6.07) is 13.4. The van der Waals surface area contributed by atoms with E-state index in [4.69, 9.17) is 9.47 Å². The van der Waals surface area contributed by atoms with Gasteiger partial charge in [-0.05, 0) is 29.7 Å². The average Bonchev–Trinajstić information content (AvgIpc) is 3.22. The third kappa shape index (κ3) is 5.17. The average molecular weight is 425 g/mol. The van der Waals surface area contributed by atoms with Crippen LogP contribution in [-0.2, 0) is 9.59 Å². The number of nitrogens with one attached hydrogen (secondary N) is 3. The predicted octanol–water partition coefficient (Wildman–Crippen LogP) is 2.41. The smallest absolute Gasteiger partial charge is 0.279 e. The molecule has 4 rings (SSSR count). The highest BCUT2D eigenvalue weighted by molar-refractivity contribution is 5.93. The summed E-state index contributed by atoms with van der Waals surface area (Å²) >= 11 is 0. The molecule has 1 fully saturated rings. The highest BCUT2D eigenvalue weighted by Gasteiger charge is 2.29. The molecule has 0 unspecified atom stereocenters. The molecule has 0 bridgehead atoms. The van der Waals surface area contributed by atoms with Gasteiger partial charge in [0.05, 0.1) is 13.1 Å². The maximum atomic E-state index is 12.7. The molecule has 2 aromatic carbocycles. The van der Waals surface area contributed by atoms with Crippen LogP contribution in [-0.4, -0.2) is 38.2 Å². The molecule has 2 aliphatic rings. The van der Waals surface area contributed by atoms with Crippen molar-refractivity contribution in [2.24, 2.45) is 5.92 Å². The van der Waals surface area contributed by atoms with E-state index in [1.54, 1.807) is 12.1 Å². The van der Waals surface area contributed by atoms with Crippen molar-refractivity contribution in [1.29, 1.82) is 0 Å². The van der Waals surface area contributed by atoms with Gasteiger partial charge in [0.15, 0.2) is 18.0 Å². The number of quaternary nitrogens is 1. The first-order valence-electron chi connectivity index (χ1n) is 10.9. The summed E-state index contributed by atoms with van der Waals surface area (Å²) in [5, 5.41) is 6.05. The zero-order valence-electron chi connectivity index (χ0n) is 18.1. The lowest BCUT2D eigenvalue weighted by atomic mass is 9.95. The number of anilines is 2. The molecule has 0 atom stereocenters. The minimum Gasteiger partial charge on any atom is -0.454 e. The molecule has 0 aliphatic carbocycles. The topological polar surface area (TPSA) is 81.1 Å². The fourth-order valence-electron chi connectivity index (χ4n) is 4.22. The van der Waals surface area contributed by atoms with Crippen LogP contribution >= 0.6 is 0 Å². The molecule has 0 saturated carbocycles.